The molecule has 1 aromatic carbocycles. The van der Waals surface area contributed by atoms with E-state index >= 15 is 0 Å². The van der Waals surface area contributed by atoms with E-state index in [1.165, 1.54) is 18.2 Å². The predicted molar refractivity (Wildman–Crippen MR) is 81.6 cm³/mol. The van der Waals surface area contributed by atoms with Gasteiger partial charge < -0.3 is 11.1 Å². The molecule has 1 rings (SSSR count). The van der Waals surface area contributed by atoms with Crippen LogP contribution in [0.2, 0.25) is 0 Å². The topological polar surface area (TPSA) is 115 Å². The lowest BCUT2D eigenvalue weighted by Crippen LogP contribution is -2.29. The van der Waals surface area contributed by atoms with E-state index in [0.717, 1.165) is 6.42 Å². The van der Waals surface area contributed by atoms with E-state index in [1.54, 1.807) is 0 Å². The number of carbonyl (C=O) groups is 1. The van der Waals surface area contributed by atoms with Gasteiger partial charge in [-0.2, -0.15) is 0 Å². The SMILES string of the molecule is CCCC(CN)C(=O)Nc1ccc(S(N)(=O)=O)cc1Br. The fourth-order valence-corrected chi connectivity index (χ4v) is 2.88. The smallest absolute Gasteiger partial charge is 0.238 e. The third-order valence-electron chi connectivity index (χ3n) is 2.82. The average Bonchev–Trinajstić information content (AvgIpc) is 2.36. The van der Waals surface area contributed by atoms with Crippen LogP contribution in [0, 0.1) is 5.92 Å². The Balaban J connectivity index is 2.91. The zero-order valence-electron chi connectivity index (χ0n) is 11.1. The van der Waals surface area contributed by atoms with Crippen molar-refractivity contribution >= 4 is 37.5 Å². The van der Waals surface area contributed by atoms with E-state index in [0.29, 0.717) is 16.6 Å². The molecule has 6 nitrogen and oxygen atoms in total. The van der Waals surface area contributed by atoms with Gasteiger partial charge in [0.15, 0.2) is 0 Å². The maximum Gasteiger partial charge on any atom is 0.238 e. The summed E-state index contributed by atoms with van der Waals surface area (Å²) in [5.74, 6) is -0.441. The first kappa shape index (κ1) is 17.1. The van der Waals surface area contributed by atoms with E-state index in [-0.39, 0.29) is 23.3 Å². The number of anilines is 1. The van der Waals surface area contributed by atoms with Gasteiger partial charge in [0, 0.05) is 11.0 Å². The minimum Gasteiger partial charge on any atom is -0.330 e. The summed E-state index contributed by atoms with van der Waals surface area (Å²) in [7, 11) is -3.76. The van der Waals surface area contributed by atoms with Gasteiger partial charge in [-0.3, -0.25) is 4.79 Å². The number of nitrogens with one attached hydrogen (secondary N) is 1. The molecule has 1 amide bonds. The number of hydrogen-bond acceptors (Lipinski definition) is 4. The Bertz CT molecular complexity index is 590. The Morgan fingerprint density at radius 1 is 1.45 bits per heavy atom. The summed E-state index contributed by atoms with van der Waals surface area (Å²) >= 11 is 3.21. The van der Waals surface area contributed by atoms with Gasteiger partial charge in [-0.05, 0) is 40.5 Å². The van der Waals surface area contributed by atoms with Crippen LogP contribution >= 0.6 is 15.9 Å². The minimum atomic E-state index is -3.76. The van der Waals surface area contributed by atoms with Crippen molar-refractivity contribution < 1.29 is 13.2 Å². The quantitative estimate of drug-likeness (QED) is 0.708. The highest BCUT2D eigenvalue weighted by Gasteiger charge is 2.17. The molecule has 112 valence electrons. The maximum absolute atomic E-state index is 12.0. The Kier molecular flexibility index (Phi) is 6.12. The van der Waals surface area contributed by atoms with Crippen molar-refractivity contribution in [3.8, 4) is 0 Å². The van der Waals surface area contributed by atoms with E-state index in [2.05, 4.69) is 21.2 Å². The molecular weight excluding hydrogens is 346 g/mol. The largest absolute Gasteiger partial charge is 0.330 e. The van der Waals surface area contributed by atoms with Crippen LogP contribution in [-0.2, 0) is 14.8 Å². The Morgan fingerprint density at radius 3 is 2.55 bits per heavy atom. The van der Waals surface area contributed by atoms with Crippen molar-refractivity contribution in [3.05, 3.63) is 22.7 Å². The number of rotatable bonds is 6. The van der Waals surface area contributed by atoms with Crippen LogP contribution in [0.5, 0.6) is 0 Å². The molecule has 0 aromatic heterocycles. The first-order chi connectivity index (χ1) is 9.29. The van der Waals surface area contributed by atoms with Crippen LogP contribution in [0.3, 0.4) is 0 Å². The van der Waals surface area contributed by atoms with E-state index < -0.39 is 10.0 Å². The van der Waals surface area contributed by atoms with Crippen LogP contribution < -0.4 is 16.2 Å². The van der Waals surface area contributed by atoms with E-state index in [1.807, 2.05) is 6.92 Å². The molecule has 5 N–H and O–H groups in total. The molecule has 0 fully saturated rings. The number of hydrogen-bond donors (Lipinski definition) is 3. The molecule has 0 saturated heterocycles. The van der Waals surface area contributed by atoms with Gasteiger partial charge in [0.2, 0.25) is 15.9 Å². The van der Waals surface area contributed by atoms with Gasteiger partial charge in [-0.25, -0.2) is 13.6 Å². The molecule has 1 atom stereocenters. The average molecular weight is 364 g/mol. The summed E-state index contributed by atoms with van der Waals surface area (Å²) in [6.07, 6.45) is 1.57. The van der Waals surface area contributed by atoms with Gasteiger partial charge in [-0.15, -0.1) is 0 Å². The molecule has 1 aromatic rings. The second kappa shape index (κ2) is 7.16. The predicted octanol–water partition coefficient (Wildman–Crippen LogP) is 1.41. The molecule has 0 bridgehead atoms. The third kappa shape index (κ3) is 4.55. The molecule has 0 saturated carbocycles. The van der Waals surface area contributed by atoms with Crippen LogP contribution in [0.1, 0.15) is 19.8 Å². The summed E-state index contributed by atoms with van der Waals surface area (Å²) in [6, 6.07) is 4.18. The maximum atomic E-state index is 12.0. The fourth-order valence-electron chi connectivity index (χ4n) is 1.71. The third-order valence-corrected chi connectivity index (χ3v) is 4.39. The van der Waals surface area contributed by atoms with Crippen molar-refractivity contribution in [2.75, 3.05) is 11.9 Å². The highest BCUT2D eigenvalue weighted by atomic mass is 79.9. The van der Waals surface area contributed by atoms with Crippen molar-refractivity contribution in [3.63, 3.8) is 0 Å². The van der Waals surface area contributed by atoms with Crippen LogP contribution in [-0.4, -0.2) is 20.9 Å². The van der Waals surface area contributed by atoms with Crippen LogP contribution in [0.25, 0.3) is 0 Å². The summed E-state index contributed by atoms with van der Waals surface area (Å²) < 4.78 is 22.9. The highest BCUT2D eigenvalue weighted by molar-refractivity contribution is 9.10. The number of primary sulfonamides is 1. The van der Waals surface area contributed by atoms with Crippen molar-refractivity contribution in [2.45, 2.75) is 24.7 Å². The van der Waals surface area contributed by atoms with Gasteiger partial charge in [0.25, 0.3) is 0 Å². The Labute approximate surface area is 127 Å². The summed E-state index contributed by atoms with van der Waals surface area (Å²) in [6.45, 7) is 2.25. The monoisotopic (exact) mass is 363 g/mol. The lowest BCUT2D eigenvalue weighted by molar-refractivity contribution is -0.119. The van der Waals surface area contributed by atoms with E-state index in [4.69, 9.17) is 10.9 Å². The van der Waals surface area contributed by atoms with Crippen molar-refractivity contribution in [1.29, 1.82) is 0 Å². The first-order valence-electron chi connectivity index (χ1n) is 6.12. The lowest BCUT2D eigenvalue weighted by Gasteiger charge is -2.15. The first-order valence-corrected chi connectivity index (χ1v) is 8.46. The number of carbonyl (C=O) groups excluding carboxylic acids is 1. The molecule has 0 spiro atoms. The number of halogens is 1. The zero-order chi connectivity index (χ0) is 15.3. The second-order valence-electron chi connectivity index (χ2n) is 4.40. The minimum absolute atomic E-state index is 0.0219. The normalized spacial score (nSPS) is 13.0. The molecule has 0 radical (unpaired) electrons. The number of benzene rings is 1. The summed E-state index contributed by atoms with van der Waals surface area (Å²) in [5.41, 5.74) is 6.05. The summed E-state index contributed by atoms with van der Waals surface area (Å²) in [4.78, 5) is 12.0. The lowest BCUT2D eigenvalue weighted by atomic mass is 10.0. The number of amides is 1. The molecular formula is C12H18BrN3O3S. The molecule has 8 heteroatoms. The van der Waals surface area contributed by atoms with Gasteiger partial charge >= 0.3 is 0 Å². The standard InChI is InChI=1S/C12H18BrN3O3S/c1-2-3-8(7-14)12(17)16-11-5-4-9(6-10(11)13)20(15,18)19/h4-6,8H,2-3,7,14H2,1H3,(H,16,17)(H2,15,18,19). The fraction of sp³-hybridized carbons (Fsp3) is 0.417. The highest BCUT2D eigenvalue weighted by Crippen LogP contribution is 2.26. The molecule has 0 aliphatic rings. The number of nitrogens with two attached hydrogens (primary N) is 2. The van der Waals surface area contributed by atoms with Gasteiger partial charge in [-0.1, -0.05) is 13.3 Å². The van der Waals surface area contributed by atoms with E-state index in [9.17, 15) is 13.2 Å². The van der Waals surface area contributed by atoms with Crippen molar-refractivity contribution in [2.24, 2.45) is 16.8 Å². The molecule has 1 unspecified atom stereocenters. The van der Waals surface area contributed by atoms with Gasteiger partial charge in [0.05, 0.1) is 16.5 Å². The molecule has 0 heterocycles. The number of sulfonamides is 1. The van der Waals surface area contributed by atoms with Crippen molar-refractivity contribution in [1.82, 2.24) is 0 Å². The Morgan fingerprint density at radius 2 is 2.10 bits per heavy atom. The van der Waals surface area contributed by atoms with Gasteiger partial charge in [0.1, 0.15) is 0 Å². The van der Waals surface area contributed by atoms with Crippen LogP contribution in [0.4, 0.5) is 5.69 Å². The molecule has 0 aliphatic heterocycles. The zero-order valence-corrected chi connectivity index (χ0v) is 13.5. The summed E-state index contributed by atoms with van der Waals surface area (Å²) in [5, 5.41) is 7.76. The van der Waals surface area contributed by atoms with Crippen LogP contribution in [0.15, 0.2) is 27.6 Å². The Hall–Kier alpha value is -0.960. The molecule has 20 heavy (non-hydrogen) atoms. The molecule has 0 aliphatic carbocycles. The second-order valence-corrected chi connectivity index (χ2v) is 6.81.